The summed E-state index contributed by atoms with van der Waals surface area (Å²) in [5.74, 6) is -0.471. The van der Waals surface area contributed by atoms with Crippen molar-refractivity contribution in [2.24, 2.45) is 0 Å². The standard InChI is InChI=1S/C18H19N3O3S/c22-15(16(23)18(24)19-9-8-13-7-4-10-25-13)17-20-11-14(21-17)12-5-2-1-3-6-12/h1-7,10-11,15-16,22-23H,8-9H2,(H,19,24)(H,20,21)/t15-,16-/m1/s1. The van der Waals surface area contributed by atoms with Gasteiger partial charge in [-0.15, -0.1) is 11.3 Å². The summed E-state index contributed by atoms with van der Waals surface area (Å²) >= 11 is 1.61. The van der Waals surface area contributed by atoms with Crippen molar-refractivity contribution in [1.29, 1.82) is 0 Å². The normalized spacial score (nSPS) is 13.4. The van der Waals surface area contributed by atoms with Gasteiger partial charge in [0, 0.05) is 11.4 Å². The zero-order valence-corrected chi connectivity index (χ0v) is 14.2. The van der Waals surface area contributed by atoms with Crippen LogP contribution < -0.4 is 5.32 Å². The molecule has 0 saturated carbocycles. The Hall–Kier alpha value is -2.48. The first-order chi connectivity index (χ1) is 12.1. The molecule has 7 heteroatoms. The van der Waals surface area contributed by atoms with E-state index < -0.39 is 18.1 Å². The molecule has 25 heavy (non-hydrogen) atoms. The molecular weight excluding hydrogens is 338 g/mol. The number of aliphatic hydroxyl groups excluding tert-OH is 2. The highest BCUT2D eigenvalue weighted by Crippen LogP contribution is 2.20. The van der Waals surface area contributed by atoms with Crippen molar-refractivity contribution in [2.75, 3.05) is 6.54 Å². The number of aromatic nitrogens is 2. The number of aliphatic hydroxyl groups is 2. The summed E-state index contributed by atoms with van der Waals surface area (Å²) in [5.41, 5.74) is 1.61. The highest BCUT2D eigenvalue weighted by Gasteiger charge is 2.27. The topological polar surface area (TPSA) is 98.2 Å². The van der Waals surface area contributed by atoms with Gasteiger partial charge >= 0.3 is 0 Å². The third-order valence-corrected chi connectivity index (χ3v) is 4.72. The zero-order valence-electron chi connectivity index (χ0n) is 13.4. The monoisotopic (exact) mass is 357 g/mol. The molecule has 3 rings (SSSR count). The quantitative estimate of drug-likeness (QED) is 0.519. The first kappa shape index (κ1) is 17.3. The molecule has 3 aromatic rings. The second-order valence-corrected chi connectivity index (χ2v) is 6.59. The van der Waals surface area contributed by atoms with Gasteiger partial charge in [-0.05, 0) is 23.4 Å². The molecular formula is C18H19N3O3S. The number of hydrogen-bond donors (Lipinski definition) is 4. The van der Waals surface area contributed by atoms with Gasteiger partial charge in [-0.3, -0.25) is 4.79 Å². The summed E-state index contributed by atoms with van der Waals surface area (Å²) in [6, 6.07) is 13.4. The SMILES string of the molecule is O=C(NCCc1cccs1)[C@H](O)[C@@H](O)c1ncc(-c2ccccc2)[nH]1. The Morgan fingerprint density at radius 2 is 2.00 bits per heavy atom. The van der Waals surface area contributed by atoms with Crippen molar-refractivity contribution in [3.05, 3.63) is 64.7 Å². The lowest BCUT2D eigenvalue weighted by Crippen LogP contribution is -2.39. The Morgan fingerprint density at radius 1 is 1.20 bits per heavy atom. The van der Waals surface area contributed by atoms with Crippen LogP contribution in [0.4, 0.5) is 0 Å². The van der Waals surface area contributed by atoms with Gasteiger partial charge in [0.1, 0.15) is 11.9 Å². The van der Waals surface area contributed by atoms with Gasteiger partial charge in [0.2, 0.25) is 0 Å². The van der Waals surface area contributed by atoms with Crippen molar-refractivity contribution in [3.63, 3.8) is 0 Å². The van der Waals surface area contributed by atoms with Crippen LogP contribution in [0.2, 0.25) is 0 Å². The highest BCUT2D eigenvalue weighted by molar-refractivity contribution is 7.09. The first-order valence-electron chi connectivity index (χ1n) is 7.91. The fourth-order valence-electron chi connectivity index (χ4n) is 2.41. The van der Waals surface area contributed by atoms with Crippen LogP contribution in [0.3, 0.4) is 0 Å². The van der Waals surface area contributed by atoms with E-state index in [1.807, 2.05) is 47.8 Å². The molecule has 0 aliphatic rings. The van der Waals surface area contributed by atoms with Crippen LogP contribution in [0.5, 0.6) is 0 Å². The minimum Gasteiger partial charge on any atom is -0.382 e. The fourth-order valence-corrected chi connectivity index (χ4v) is 3.12. The van der Waals surface area contributed by atoms with E-state index in [4.69, 9.17) is 0 Å². The summed E-state index contributed by atoms with van der Waals surface area (Å²) in [6.07, 6.45) is -0.752. The minimum absolute atomic E-state index is 0.153. The average molecular weight is 357 g/mol. The number of thiophene rings is 1. The molecule has 6 nitrogen and oxygen atoms in total. The molecule has 0 aliphatic heterocycles. The molecule has 1 aromatic carbocycles. The van der Waals surface area contributed by atoms with Gasteiger partial charge in [-0.2, -0.15) is 0 Å². The van der Waals surface area contributed by atoms with Gasteiger partial charge in [0.15, 0.2) is 6.10 Å². The van der Waals surface area contributed by atoms with Gasteiger partial charge in [0.25, 0.3) is 5.91 Å². The molecule has 0 saturated heterocycles. The molecule has 0 fully saturated rings. The number of hydrogen-bond acceptors (Lipinski definition) is 5. The molecule has 0 unspecified atom stereocenters. The van der Waals surface area contributed by atoms with E-state index in [-0.39, 0.29) is 5.82 Å². The number of amides is 1. The van der Waals surface area contributed by atoms with Crippen LogP contribution in [0.25, 0.3) is 11.3 Å². The van der Waals surface area contributed by atoms with E-state index in [2.05, 4.69) is 15.3 Å². The summed E-state index contributed by atoms with van der Waals surface area (Å²) < 4.78 is 0. The van der Waals surface area contributed by atoms with E-state index in [1.54, 1.807) is 17.5 Å². The first-order valence-corrected chi connectivity index (χ1v) is 8.79. The van der Waals surface area contributed by atoms with E-state index in [9.17, 15) is 15.0 Å². The summed E-state index contributed by atoms with van der Waals surface area (Å²) in [6.45, 7) is 0.399. The molecule has 4 N–H and O–H groups in total. The maximum absolute atomic E-state index is 12.0. The van der Waals surface area contributed by atoms with Gasteiger partial charge in [0.05, 0.1) is 11.9 Å². The van der Waals surface area contributed by atoms with Crippen molar-refractivity contribution in [2.45, 2.75) is 18.6 Å². The third kappa shape index (κ3) is 4.33. The van der Waals surface area contributed by atoms with Gasteiger partial charge in [-0.1, -0.05) is 36.4 Å². The molecule has 2 atom stereocenters. The van der Waals surface area contributed by atoms with Crippen molar-refractivity contribution in [3.8, 4) is 11.3 Å². The van der Waals surface area contributed by atoms with Crippen molar-refractivity contribution < 1.29 is 15.0 Å². The van der Waals surface area contributed by atoms with E-state index in [0.717, 1.165) is 10.4 Å². The maximum atomic E-state index is 12.0. The molecule has 2 aromatic heterocycles. The van der Waals surface area contributed by atoms with Crippen LogP contribution in [0.15, 0.2) is 54.0 Å². The Bertz CT molecular complexity index is 802. The summed E-state index contributed by atoms with van der Waals surface area (Å²) in [7, 11) is 0. The Kier molecular flexibility index (Phi) is 5.60. The number of imidazole rings is 1. The van der Waals surface area contributed by atoms with Crippen LogP contribution in [0, 0.1) is 0 Å². The fraction of sp³-hybridized carbons (Fsp3) is 0.222. The lowest BCUT2D eigenvalue weighted by Gasteiger charge is -2.15. The lowest BCUT2D eigenvalue weighted by molar-refractivity contribution is -0.135. The number of nitrogens with one attached hydrogen (secondary N) is 2. The van der Waals surface area contributed by atoms with E-state index in [0.29, 0.717) is 18.7 Å². The number of nitrogens with zero attached hydrogens (tertiary/aromatic N) is 1. The Morgan fingerprint density at radius 3 is 2.72 bits per heavy atom. The van der Waals surface area contributed by atoms with Crippen LogP contribution in [-0.2, 0) is 11.2 Å². The van der Waals surface area contributed by atoms with Crippen molar-refractivity contribution in [1.82, 2.24) is 15.3 Å². The van der Waals surface area contributed by atoms with E-state index in [1.165, 1.54) is 0 Å². The lowest BCUT2D eigenvalue weighted by atomic mass is 10.1. The number of H-pyrrole nitrogens is 1. The third-order valence-electron chi connectivity index (χ3n) is 3.78. The van der Waals surface area contributed by atoms with E-state index >= 15 is 0 Å². The maximum Gasteiger partial charge on any atom is 0.252 e. The molecule has 2 heterocycles. The molecule has 0 radical (unpaired) electrons. The number of carbonyl (C=O) groups excluding carboxylic acids is 1. The van der Waals surface area contributed by atoms with Gasteiger partial charge in [-0.25, -0.2) is 4.98 Å². The molecule has 130 valence electrons. The zero-order chi connectivity index (χ0) is 17.6. The predicted molar refractivity (Wildman–Crippen MR) is 96.0 cm³/mol. The second kappa shape index (κ2) is 8.06. The predicted octanol–water partition coefficient (Wildman–Crippen LogP) is 1.89. The average Bonchev–Trinajstić information content (AvgIpc) is 3.33. The van der Waals surface area contributed by atoms with Gasteiger partial charge < -0.3 is 20.5 Å². The molecule has 0 aliphatic carbocycles. The van der Waals surface area contributed by atoms with Crippen LogP contribution in [0.1, 0.15) is 16.8 Å². The van der Waals surface area contributed by atoms with Crippen LogP contribution >= 0.6 is 11.3 Å². The van der Waals surface area contributed by atoms with Crippen LogP contribution in [-0.4, -0.2) is 38.7 Å². The smallest absolute Gasteiger partial charge is 0.252 e. The highest BCUT2D eigenvalue weighted by atomic mass is 32.1. The summed E-state index contributed by atoms with van der Waals surface area (Å²) in [4.78, 5) is 20.2. The number of rotatable bonds is 7. The molecule has 0 bridgehead atoms. The Labute approximate surface area is 149 Å². The summed E-state index contributed by atoms with van der Waals surface area (Å²) in [5, 5.41) is 24.9. The number of benzene rings is 1. The number of aromatic amines is 1. The largest absolute Gasteiger partial charge is 0.382 e. The molecule has 1 amide bonds. The minimum atomic E-state index is -1.59. The second-order valence-electron chi connectivity index (χ2n) is 5.56. The Balaban J connectivity index is 1.57. The van der Waals surface area contributed by atoms with Crippen molar-refractivity contribution >= 4 is 17.2 Å². The number of carbonyl (C=O) groups is 1. The molecule has 0 spiro atoms.